The zero-order chi connectivity index (χ0) is 18.5. The monoisotopic (exact) mass is 352 g/mol. The first-order valence-corrected chi connectivity index (χ1v) is 9.26. The van der Waals surface area contributed by atoms with E-state index in [9.17, 15) is 4.79 Å². The Balaban J connectivity index is 1.70. The smallest absolute Gasteiger partial charge is 0.223 e. The van der Waals surface area contributed by atoms with Crippen LogP contribution in [-0.4, -0.2) is 49.5 Å². The van der Waals surface area contributed by atoms with Gasteiger partial charge in [-0.2, -0.15) is 0 Å². The topological polar surface area (TPSA) is 32.8 Å². The average molecular weight is 352 g/mol. The van der Waals surface area contributed by atoms with E-state index in [0.717, 1.165) is 24.4 Å². The Hall–Kier alpha value is -2.33. The molecule has 0 saturated carbocycles. The highest BCUT2D eigenvalue weighted by Crippen LogP contribution is 2.31. The van der Waals surface area contributed by atoms with Crippen LogP contribution < -0.4 is 4.74 Å². The number of ether oxygens (including phenoxy) is 1. The molecule has 1 heterocycles. The van der Waals surface area contributed by atoms with Gasteiger partial charge in [0.2, 0.25) is 5.91 Å². The molecule has 1 aliphatic heterocycles. The van der Waals surface area contributed by atoms with Crippen LogP contribution in [0.1, 0.15) is 36.4 Å². The Morgan fingerprint density at radius 3 is 2.54 bits per heavy atom. The van der Waals surface area contributed by atoms with Crippen molar-refractivity contribution in [1.29, 1.82) is 0 Å². The van der Waals surface area contributed by atoms with Gasteiger partial charge in [-0.1, -0.05) is 55.5 Å². The first-order valence-electron chi connectivity index (χ1n) is 9.26. The summed E-state index contributed by atoms with van der Waals surface area (Å²) in [6.45, 7) is 4.48. The van der Waals surface area contributed by atoms with Crippen molar-refractivity contribution in [2.24, 2.45) is 0 Å². The van der Waals surface area contributed by atoms with Gasteiger partial charge >= 0.3 is 0 Å². The first kappa shape index (κ1) is 18.5. The summed E-state index contributed by atoms with van der Waals surface area (Å²) in [6, 6.07) is 18.5. The second-order valence-corrected chi connectivity index (χ2v) is 7.09. The van der Waals surface area contributed by atoms with Crippen molar-refractivity contribution in [2.45, 2.75) is 25.3 Å². The van der Waals surface area contributed by atoms with E-state index in [4.69, 9.17) is 4.74 Å². The molecule has 1 amide bonds. The van der Waals surface area contributed by atoms with Crippen molar-refractivity contribution >= 4 is 5.91 Å². The van der Waals surface area contributed by atoms with Crippen LogP contribution in [0.3, 0.4) is 0 Å². The van der Waals surface area contributed by atoms with Crippen molar-refractivity contribution in [1.82, 2.24) is 9.80 Å². The number of hydrogen-bond donors (Lipinski definition) is 0. The lowest BCUT2D eigenvalue weighted by Crippen LogP contribution is -2.49. The molecule has 0 aliphatic carbocycles. The molecule has 4 heteroatoms. The van der Waals surface area contributed by atoms with E-state index in [0.29, 0.717) is 13.0 Å². The number of carbonyl (C=O) groups is 1. The predicted molar refractivity (Wildman–Crippen MR) is 104 cm³/mol. The number of likely N-dealkylation sites (N-methyl/N-ethyl adjacent to an activating group) is 1. The lowest BCUT2D eigenvalue weighted by Gasteiger charge is -2.40. The number of hydrogen-bond acceptors (Lipinski definition) is 3. The van der Waals surface area contributed by atoms with Crippen LogP contribution in [0.4, 0.5) is 0 Å². The second kappa shape index (κ2) is 8.37. The van der Waals surface area contributed by atoms with Crippen molar-refractivity contribution in [2.75, 3.05) is 33.8 Å². The third-order valence-corrected chi connectivity index (χ3v) is 5.35. The molecule has 0 bridgehead atoms. The lowest BCUT2D eigenvalue weighted by molar-refractivity contribution is -0.134. The summed E-state index contributed by atoms with van der Waals surface area (Å²) in [5, 5.41) is 0. The fourth-order valence-electron chi connectivity index (χ4n) is 3.67. The Morgan fingerprint density at radius 2 is 1.81 bits per heavy atom. The zero-order valence-electron chi connectivity index (χ0n) is 15.9. The Labute approximate surface area is 156 Å². The molecule has 2 aromatic rings. The largest absolute Gasteiger partial charge is 0.496 e. The predicted octanol–water partition coefficient (Wildman–Crippen LogP) is 3.70. The van der Waals surface area contributed by atoms with E-state index in [1.54, 1.807) is 7.11 Å². The summed E-state index contributed by atoms with van der Waals surface area (Å²) in [6.07, 6.45) is 0.548. The average Bonchev–Trinajstić information content (AvgIpc) is 2.69. The molecule has 0 spiro atoms. The van der Waals surface area contributed by atoms with Crippen LogP contribution in [0.15, 0.2) is 54.6 Å². The molecule has 1 saturated heterocycles. The van der Waals surface area contributed by atoms with Crippen LogP contribution in [0.5, 0.6) is 5.75 Å². The Kier molecular flexibility index (Phi) is 5.94. The summed E-state index contributed by atoms with van der Waals surface area (Å²) in [4.78, 5) is 17.2. The van der Waals surface area contributed by atoms with E-state index in [1.165, 1.54) is 5.56 Å². The molecule has 2 atom stereocenters. The summed E-state index contributed by atoms with van der Waals surface area (Å²) < 4.78 is 5.53. The minimum atomic E-state index is 0.163. The number of amides is 1. The molecule has 0 radical (unpaired) electrons. The molecule has 4 nitrogen and oxygen atoms in total. The molecular formula is C22H28N2O2. The van der Waals surface area contributed by atoms with Gasteiger partial charge in [-0.3, -0.25) is 9.69 Å². The fourth-order valence-corrected chi connectivity index (χ4v) is 3.67. The maximum absolute atomic E-state index is 12.9. The number of benzene rings is 2. The maximum atomic E-state index is 12.9. The standard InChI is InChI=1S/C22H28N2O2/c1-17(18-9-5-4-6-10-18)15-22(25)24-14-13-23(2)20(16-24)19-11-7-8-12-21(19)26-3/h4-12,17,20H,13-16H2,1-3H3. The van der Waals surface area contributed by atoms with Gasteiger partial charge in [0, 0.05) is 31.6 Å². The van der Waals surface area contributed by atoms with Gasteiger partial charge in [0.25, 0.3) is 0 Å². The van der Waals surface area contributed by atoms with E-state index in [2.05, 4.69) is 37.1 Å². The van der Waals surface area contributed by atoms with Crippen LogP contribution >= 0.6 is 0 Å². The molecule has 138 valence electrons. The highest BCUT2D eigenvalue weighted by Gasteiger charge is 2.30. The molecule has 1 aliphatic rings. The van der Waals surface area contributed by atoms with Gasteiger partial charge in [0.1, 0.15) is 5.75 Å². The number of carbonyl (C=O) groups excluding carboxylic acids is 1. The Morgan fingerprint density at radius 1 is 1.12 bits per heavy atom. The number of para-hydroxylation sites is 1. The van der Waals surface area contributed by atoms with Gasteiger partial charge in [-0.25, -0.2) is 0 Å². The number of methoxy groups -OCH3 is 1. The Bertz CT molecular complexity index is 732. The lowest BCUT2D eigenvalue weighted by atomic mass is 9.96. The quantitative estimate of drug-likeness (QED) is 0.822. The van der Waals surface area contributed by atoms with Crippen molar-refractivity contribution < 1.29 is 9.53 Å². The van der Waals surface area contributed by atoms with E-state index >= 15 is 0 Å². The molecule has 2 unspecified atom stereocenters. The summed E-state index contributed by atoms with van der Waals surface area (Å²) in [7, 11) is 3.82. The van der Waals surface area contributed by atoms with E-state index < -0.39 is 0 Å². The summed E-state index contributed by atoms with van der Waals surface area (Å²) in [5.41, 5.74) is 2.36. The van der Waals surface area contributed by atoms with Crippen molar-refractivity contribution in [3.63, 3.8) is 0 Å². The minimum Gasteiger partial charge on any atom is -0.496 e. The van der Waals surface area contributed by atoms with Gasteiger partial charge in [-0.05, 0) is 24.6 Å². The second-order valence-electron chi connectivity index (χ2n) is 7.09. The van der Waals surface area contributed by atoms with Crippen LogP contribution in [0, 0.1) is 0 Å². The molecule has 26 heavy (non-hydrogen) atoms. The van der Waals surface area contributed by atoms with Crippen molar-refractivity contribution in [3.8, 4) is 5.75 Å². The third kappa shape index (κ3) is 4.07. The van der Waals surface area contributed by atoms with Gasteiger partial charge < -0.3 is 9.64 Å². The number of piperazine rings is 1. The normalized spacial score (nSPS) is 19.2. The van der Waals surface area contributed by atoms with E-state index in [-0.39, 0.29) is 17.9 Å². The van der Waals surface area contributed by atoms with Gasteiger partial charge in [0.15, 0.2) is 0 Å². The van der Waals surface area contributed by atoms with Crippen molar-refractivity contribution in [3.05, 3.63) is 65.7 Å². The summed E-state index contributed by atoms with van der Waals surface area (Å²) in [5.74, 6) is 1.35. The van der Waals surface area contributed by atoms with Gasteiger partial charge in [-0.15, -0.1) is 0 Å². The van der Waals surface area contributed by atoms with E-state index in [1.807, 2.05) is 41.3 Å². The maximum Gasteiger partial charge on any atom is 0.223 e. The van der Waals surface area contributed by atoms with Crippen LogP contribution in [-0.2, 0) is 4.79 Å². The van der Waals surface area contributed by atoms with Crippen LogP contribution in [0.25, 0.3) is 0 Å². The van der Waals surface area contributed by atoms with Crippen LogP contribution in [0.2, 0.25) is 0 Å². The third-order valence-electron chi connectivity index (χ3n) is 5.35. The molecule has 2 aromatic carbocycles. The highest BCUT2D eigenvalue weighted by molar-refractivity contribution is 5.77. The fraction of sp³-hybridized carbons (Fsp3) is 0.409. The van der Waals surface area contributed by atoms with Gasteiger partial charge in [0.05, 0.1) is 13.2 Å². The molecule has 0 N–H and O–H groups in total. The summed E-state index contributed by atoms with van der Waals surface area (Å²) >= 11 is 0. The first-order chi connectivity index (χ1) is 12.6. The molecular weight excluding hydrogens is 324 g/mol. The number of nitrogens with zero attached hydrogens (tertiary/aromatic N) is 2. The molecule has 3 rings (SSSR count). The number of rotatable bonds is 5. The minimum absolute atomic E-state index is 0.163. The highest BCUT2D eigenvalue weighted by atomic mass is 16.5. The SMILES string of the molecule is COc1ccccc1C1CN(C(=O)CC(C)c2ccccc2)CCN1C. The zero-order valence-corrected chi connectivity index (χ0v) is 15.9. The molecule has 0 aromatic heterocycles. The molecule has 1 fully saturated rings.